The van der Waals surface area contributed by atoms with E-state index in [9.17, 15) is 4.57 Å². The zero-order valence-electron chi connectivity index (χ0n) is 16.5. The third-order valence-corrected chi connectivity index (χ3v) is 6.91. The number of benzene rings is 2. The number of hydrogen-bond acceptors (Lipinski definition) is 7. The predicted octanol–water partition coefficient (Wildman–Crippen LogP) is 5.73. The molecule has 152 valence electrons. The van der Waals surface area contributed by atoms with E-state index in [4.69, 9.17) is 18.5 Å². The lowest BCUT2D eigenvalue weighted by Crippen LogP contribution is -2.15. The van der Waals surface area contributed by atoms with Gasteiger partial charge in [-0.1, -0.05) is 12.1 Å². The third kappa shape index (κ3) is 3.69. The molecule has 1 N–H and O–H groups in total. The van der Waals surface area contributed by atoms with Crippen LogP contribution in [0.5, 0.6) is 17.4 Å². The number of nitrogens with zero attached hydrogens (tertiary/aromatic N) is 1. The van der Waals surface area contributed by atoms with Gasteiger partial charge in [0, 0.05) is 10.9 Å². The third-order valence-electron chi connectivity index (χ3n) is 4.63. The summed E-state index contributed by atoms with van der Waals surface area (Å²) in [5.41, 5.74) is 2.04. The topological polar surface area (TPSA) is 78.9 Å². The van der Waals surface area contributed by atoms with E-state index >= 15 is 0 Å². The monoisotopic (exact) mass is 414 g/mol. The molecular weight excluding hydrogens is 391 g/mol. The van der Waals surface area contributed by atoms with Gasteiger partial charge in [-0.15, -0.1) is 0 Å². The Morgan fingerprint density at radius 3 is 2.59 bits per heavy atom. The van der Waals surface area contributed by atoms with Crippen molar-refractivity contribution in [2.45, 2.75) is 19.6 Å². The molecule has 0 saturated carbocycles. The zero-order chi connectivity index (χ0) is 20.4. The Kier molecular flexibility index (Phi) is 5.46. The van der Waals surface area contributed by atoms with Crippen molar-refractivity contribution in [3.63, 3.8) is 0 Å². The van der Waals surface area contributed by atoms with E-state index in [1.807, 2.05) is 48.5 Å². The number of ether oxygens (including phenoxy) is 2. The molecule has 1 aliphatic heterocycles. The van der Waals surface area contributed by atoms with Crippen LogP contribution in [-0.2, 0) is 13.6 Å². The molecule has 8 heteroatoms. The number of methoxy groups -OCH3 is 1. The summed E-state index contributed by atoms with van der Waals surface area (Å²) in [7, 11) is -1.96. The van der Waals surface area contributed by atoms with Crippen LogP contribution in [0.4, 0.5) is 5.69 Å². The van der Waals surface area contributed by atoms with E-state index in [0.717, 1.165) is 10.9 Å². The maximum atomic E-state index is 13.7. The molecule has 1 unspecified atom stereocenters. The van der Waals surface area contributed by atoms with Gasteiger partial charge in [0.1, 0.15) is 5.75 Å². The van der Waals surface area contributed by atoms with Crippen LogP contribution < -0.4 is 14.8 Å². The van der Waals surface area contributed by atoms with Crippen LogP contribution in [-0.4, -0.2) is 25.3 Å². The zero-order valence-corrected chi connectivity index (χ0v) is 17.4. The van der Waals surface area contributed by atoms with Crippen molar-refractivity contribution >= 4 is 24.2 Å². The summed E-state index contributed by atoms with van der Waals surface area (Å²) in [5.74, 6) is 0.893. The maximum Gasteiger partial charge on any atom is 0.357 e. The highest BCUT2D eigenvalue weighted by Crippen LogP contribution is 2.63. The number of fused-ring (bicyclic) bond motifs is 3. The molecular formula is C21H23N2O5P. The van der Waals surface area contributed by atoms with Crippen LogP contribution in [0, 0.1) is 0 Å². The second-order valence-corrected chi connectivity index (χ2v) is 8.57. The molecule has 0 amide bonds. The fourth-order valence-electron chi connectivity index (χ4n) is 3.36. The van der Waals surface area contributed by atoms with E-state index in [1.165, 1.54) is 0 Å². The first-order valence-corrected chi connectivity index (χ1v) is 11.1. The lowest BCUT2D eigenvalue weighted by molar-refractivity contribution is 0.214. The largest absolute Gasteiger partial charge is 0.497 e. The number of hydrogen-bond donors (Lipinski definition) is 1. The first kappa shape index (κ1) is 19.7. The van der Waals surface area contributed by atoms with E-state index in [0.29, 0.717) is 28.6 Å². The lowest BCUT2D eigenvalue weighted by Gasteiger charge is -2.27. The van der Waals surface area contributed by atoms with E-state index in [1.54, 1.807) is 21.0 Å². The number of anilines is 1. The van der Waals surface area contributed by atoms with Crippen LogP contribution in [0.3, 0.4) is 0 Å². The van der Waals surface area contributed by atoms with E-state index < -0.39 is 13.4 Å². The van der Waals surface area contributed by atoms with Crippen molar-refractivity contribution in [3.05, 3.63) is 54.1 Å². The molecule has 1 atom stereocenters. The van der Waals surface area contributed by atoms with Gasteiger partial charge in [-0.05, 0) is 50.2 Å². The molecule has 1 aromatic heterocycles. The smallest absolute Gasteiger partial charge is 0.357 e. The molecule has 0 aliphatic carbocycles. The van der Waals surface area contributed by atoms with Crippen molar-refractivity contribution in [1.29, 1.82) is 0 Å². The summed E-state index contributed by atoms with van der Waals surface area (Å²) in [6.45, 7) is 4.08. The van der Waals surface area contributed by atoms with Crippen LogP contribution in [0.15, 0.2) is 48.5 Å². The van der Waals surface area contributed by atoms with Gasteiger partial charge >= 0.3 is 7.60 Å². The highest BCUT2D eigenvalue weighted by molar-refractivity contribution is 7.54. The van der Waals surface area contributed by atoms with E-state index in [2.05, 4.69) is 10.3 Å². The average molecular weight is 414 g/mol. The molecule has 0 radical (unpaired) electrons. The second-order valence-electron chi connectivity index (χ2n) is 6.46. The summed E-state index contributed by atoms with van der Waals surface area (Å²) in [4.78, 5) is 4.68. The minimum absolute atomic E-state index is 0.252. The summed E-state index contributed by atoms with van der Waals surface area (Å²) >= 11 is 0. The fourth-order valence-corrected chi connectivity index (χ4v) is 5.27. The van der Waals surface area contributed by atoms with Crippen LogP contribution in [0.25, 0.3) is 10.9 Å². The summed E-state index contributed by atoms with van der Waals surface area (Å²) in [5, 5.41) is 4.15. The summed E-state index contributed by atoms with van der Waals surface area (Å²) in [6, 6.07) is 14.9. The molecule has 4 rings (SSSR count). The minimum atomic E-state index is -3.57. The molecule has 29 heavy (non-hydrogen) atoms. The van der Waals surface area contributed by atoms with Crippen molar-refractivity contribution in [2.75, 3.05) is 25.6 Å². The van der Waals surface area contributed by atoms with E-state index in [-0.39, 0.29) is 13.2 Å². The van der Waals surface area contributed by atoms with Crippen molar-refractivity contribution in [3.8, 4) is 17.4 Å². The van der Waals surface area contributed by atoms with Gasteiger partial charge in [-0.3, -0.25) is 4.57 Å². The molecule has 0 fully saturated rings. The van der Waals surface area contributed by atoms with Crippen molar-refractivity contribution < 1.29 is 23.1 Å². The number of para-hydroxylation sites is 2. The van der Waals surface area contributed by atoms with Crippen molar-refractivity contribution in [1.82, 2.24) is 4.98 Å². The first-order valence-electron chi connectivity index (χ1n) is 9.49. The van der Waals surface area contributed by atoms with Gasteiger partial charge < -0.3 is 23.8 Å². The van der Waals surface area contributed by atoms with Gasteiger partial charge in [-0.25, -0.2) is 4.98 Å². The Morgan fingerprint density at radius 1 is 1.10 bits per heavy atom. The predicted molar refractivity (Wildman–Crippen MR) is 112 cm³/mol. The molecule has 7 nitrogen and oxygen atoms in total. The van der Waals surface area contributed by atoms with Gasteiger partial charge in [0.15, 0.2) is 11.5 Å². The van der Waals surface area contributed by atoms with Crippen molar-refractivity contribution in [2.24, 2.45) is 0 Å². The van der Waals surface area contributed by atoms with Gasteiger partial charge in [0.2, 0.25) is 5.88 Å². The molecule has 2 aromatic carbocycles. The summed E-state index contributed by atoms with van der Waals surface area (Å²) < 4.78 is 36.5. The van der Waals surface area contributed by atoms with Gasteiger partial charge in [0.05, 0.1) is 31.5 Å². The highest BCUT2D eigenvalue weighted by atomic mass is 31.2. The highest BCUT2D eigenvalue weighted by Gasteiger charge is 2.41. The Hall–Kier alpha value is -2.60. The number of pyridine rings is 1. The molecule has 2 heterocycles. The number of rotatable bonds is 6. The molecule has 0 saturated heterocycles. The average Bonchev–Trinajstić information content (AvgIpc) is 2.88. The molecule has 0 bridgehead atoms. The Labute approximate surface area is 169 Å². The number of aromatic nitrogens is 1. The lowest BCUT2D eigenvalue weighted by atomic mass is 10.1. The SMILES string of the molecule is CCOP(=O)(OCC)C1Nc2ccccc2Oc2nc3ccc(OC)cc3cc21. The maximum absolute atomic E-state index is 13.7. The Bertz CT molecular complexity index is 1080. The molecule has 1 aliphatic rings. The van der Waals surface area contributed by atoms with Gasteiger partial charge in [-0.2, -0.15) is 0 Å². The first-order chi connectivity index (χ1) is 14.1. The Morgan fingerprint density at radius 2 is 1.86 bits per heavy atom. The Balaban J connectivity index is 1.94. The second kappa shape index (κ2) is 8.03. The van der Waals surface area contributed by atoms with Gasteiger partial charge in [0.25, 0.3) is 0 Å². The summed E-state index contributed by atoms with van der Waals surface area (Å²) in [6.07, 6.45) is 0. The normalized spacial score (nSPS) is 15.6. The van der Waals surface area contributed by atoms with Crippen LogP contribution >= 0.6 is 7.60 Å². The van der Waals surface area contributed by atoms with Crippen LogP contribution in [0.2, 0.25) is 0 Å². The molecule has 0 spiro atoms. The fraction of sp³-hybridized carbons (Fsp3) is 0.286. The quantitative estimate of drug-likeness (QED) is 0.516. The number of nitrogens with one attached hydrogen (secondary N) is 1. The van der Waals surface area contributed by atoms with Crippen LogP contribution in [0.1, 0.15) is 25.2 Å². The minimum Gasteiger partial charge on any atom is -0.497 e. The standard InChI is InChI=1S/C21H23N2O5P/c1-4-26-29(24,27-5-2)21-16-13-14-12-15(25-3)10-11-17(14)22-20(16)28-19-9-7-6-8-18(19)23-21/h6-13,21,23H,4-5H2,1-3H3. The molecule has 3 aromatic rings.